The van der Waals surface area contributed by atoms with Crippen molar-refractivity contribution in [2.45, 2.75) is 51.7 Å². The van der Waals surface area contributed by atoms with Gasteiger partial charge in [0.05, 0.1) is 7.11 Å². The van der Waals surface area contributed by atoms with E-state index < -0.39 is 5.60 Å². The minimum Gasteiger partial charge on any atom is -0.467 e. The van der Waals surface area contributed by atoms with Gasteiger partial charge < -0.3 is 9.47 Å². The lowest BCUT2D eigenvalue weighted by Crippen LogP contribution is -2.50. The Morgan fingerprint density at radius 1 is 1.50 bits per heavy atom. The van der Waals surface area contributed by atoms with E-state index in [-0.39, 0.29) is 11.6 Å². The van der Waals surface area contributed by atoms with Crippen LogP contribution in [0.25, 0.3) is 0 Å². The summed E-state index contributed by atoms with van der Waals surface area (Å²) in [4.78, 5) is 11.9. The van der Waals surface area contributed by atoms with Crippen molar-refractivity contribution in [3.63, 3.8) is 0 Å². The number of carbonyl (C=O) groups is 1. The predicted octanol–water partition coefficient (Wildman–Crippen LogP) is 2.39. The van der Waals surface area contributed by atoms with E-state index in [9.17, 15) is 4.79 Å². The fourth-order valence-electron chi connectivity index (χ4n) is 3.34. The Balaban J connectivity index is 2.18. The van der Waals surface area contributed by atoms with Gasteiger partial charge in [-0.25, -0.2) is 4.79 Å². The van der Waals surface area contributed by atoms with Gasteiger partial charge in [-0.3, -0.25) is 0 Å². The second-order valence-electron chi connectivity index (χ2n) is 5.88. The average Bonchev–Trinajstić information content (AvgIpc) is 2.88. The van der Waals surface area contributed by atoms with Crippen LogP contribution < -0.4 is 0 Å². The standard InChI is InChI=1S/C13H22O3/c1-8(2)6-13(11(14)15-5)12(16-13)7-9(3)10(12)4/h8-10H,6-7H2,1-5H3. The van der Waals surface area contributed by atoms with E-state index >= 15 is 0 Å². The SMILES string of the molecule is COC(=O)C1(CC(C)C)OC12CC(C)C2C. The number of hydrogen-bond acceptors (Lipinski definition) is 3. The van der Waals surface area contributed by atoms with Crippen molar-refractivity contribution in [2.24, 2.45) is 17.8 Å². The molecule has 1 aliphatic heterocycles. The number of rotatable bonds is 3. The summed E-state index contributed by atoms with van der Waals surface area (Å²) < 4.78 is 10.8. The summed E-state index contributed by atoms with van der Waals surface area (Å²) in [5.74, 6) is 1.38. The zero-order valence-corrected chi connectivity index (χ0v) is 10.9. The predicted molar refractivity (Wildman–Crippen MR) is 61.0 cm³/mol. The van der Waals surface area contributed by atoms with Crippen LogP contribution in [0.5, 0.6) is 0 Å². The third-order valence-corrected chi connectivity index (χ3v) is 4.42. The van der Waals surface area contributed by atoms with Crippen LogP contribution in [-0.4, -0.2) is 24.3 Å². The Morgan fingerprint density at radius 3 is 2.50 bits per heavy atom. The summed E-state index contributed by atoms with van der Waals surface area (Å²) in [5, 5.41) is 0. The molecule has 0 bridgehead atoms. The molecule has 3 heteroatoms. The molecule has 0 N–H and O–H groups in total. The van der Waals surface area contributed by atoms with Crippen LogP contribution in [0.1, 0.15) is 40.5 Å². The van der Waals surface area contributed by atoms with Crippen molar-refractivity contribution >= 4 is 5.97 Å². The maximum absolute atomic E-state index is 11.9. The van der Waals surface area contributed by atoms with Crippen LogP contribution in [0, 0.1) is 17.8 Å². The van der Waals surface area contributed by atoms with E-state index in [1.54, 1.807) is 0 Å². The molecule has 2 aliphatic rings. The summed E-state index contributed by atoms with van der Waals surface area (Å²) in [6.45, 7) is 8.63. The van der Waals surface area contributed by atoms with Crippen LogP contribution in [0.15, 0.2) is 0 Å². The summed E-state index contributed by atoms with van der Waals surface area (Å²) in [6, 6.07) is 0. The van der Waals surface area contributed by atoms with Crippen LogP contribution in [-0.2, 0) is 14.3 Å². The van der Waals surface area contributed by atoms with E-state index in [4.69, 9.17) is 9.47 Å². The monoisotopic (exact) mass is 226 g/mol. The van der Waals surface area contributed by atoms with Crippen molar-refractivity contribution in [3.8, 4) is 0 Å². The molecule has 2 fully saturated rings. The lowest BCUT2D eigenvalue weighted by atomic mass is 9.60. The molecular formula is C13H22O3. The molecule has 16 heavy (non-hydrogen) atoms. The third kappa shape index (κ3) is 1.27. The number of carbonyl (C=O) groups excluding carboxylic acids is 1. The van der Waals surface area contributed by atoms with Gasteiger partial charge in [-0.2, -0.15) is 0 Å². The van der Waals surface area contributed by atoms with Crippen molar-refractivity contribution in [2.75, 3.05) is 7.11 Å². The van der Waals surface area contributed by atoms with Gasteiger partial charge in [0.2, 0.25) is 0 Å². The number of esters is 1. The van der Waals surface area contributed by atoms with Gasteiger partial charge >= 0.3 is 5.97 Å². The van der Waals surface area contributed by atoms with Gasteiger partial charge in [0, 0.05) is 0 Å². The lowest BCUT2D eigenvalue weighted by molar-refractivity contribution is -0.148. The topological polar surface area (TPSA) is 38.8 Å². The molecule has 0 aromatic carbocycles. The Kier molecular flexibility index (Phi) is 2.57. The van der Waals surface area contributed by atoms with E-state index in [2.05, 4.69) is 27.7 Å². The van der Waals surface area contributed by atoms with Crippen molar-refractivity contribution in [1.29, 1.82) is 0 Å². The fourth-order valence-corrected chi connectivity index (χ4v) is 3.34. The third-order valence-electron chi connectivity index (χ3n) is 4.42. The van der Waals surface area contributed by atoms with Gasteiger partial charge in [0.25, 0.3) is 0 Å². The fraction of sp³-hybridized carbons (Fsp3) is 0.923. The summed E-state index contributed by atoms with van der Waals surface area (Å²) in [7, 11) is 1.45. The highest BCUT2D eigenvalue weighted by Crippen LogP contribution is 2.67. The smallest absolute Gasteiger partial charge is 0.341 e. The zero-order chi connectivity index (χ0) is 12.1. The van der Waals surface area contributed by atoms with Crippen LogP contribution in [0.2, 0.25) is 0 Å². The molecule has 1 spiro atoms. The van der Waals surface area contributed by atoms with Crippen LogP contribution in [0.4, 0.5) is 0 Å². The second kappa shape index (κ2) is 3.46. The second-order valence-corrected chi connectivity index (χ2v) is 5.88. The molecule has 92 valence electrons. The molecule has 1 saturated carbocycles. The average molecular weight is 226 g/mol. The molecule has 1 saturated heterocycles. The first kappa shape index (κ1) is 11.9. The molecule has 1 aliphatic carbocycles. The maximum atomic E-state index is 11.9. The summed E-state index contributed by atoms with van der Waals surface area (Å²) in [5.41, 5.74) is -0.842. The normalized spacial score (nSPS) is 45.6. The van der Waals surface area contributed by atoms with Gasteiger partial charge in [0.15, 0.2) is 5.60 Å². The molecule has 3 nitrogen and oxygen atoms in total. The zero-order valence-electron chi connectivity index (χ0n) is 10.9. The molecule has 0 radical (unpaired) electrons. The van der Waals surface area contributed by atoms with E-state index in [0.717, 1.165) is 12.8 Å². The number of ether oxygens (including phenoxy) is 2. The summed E-state index contributed by atoms with van der Waals surface area (Å²) >= 11 is 0. The Bertz CT molecular complexity index is 312. The molecule has 4 unspecified atom stereocenters. The van der Waals surface area contributed by atoms with Crippen LogP contribution >= 0.6 is 0 Å². The molecule has 0 aromatic heterocycles. The Hall–Kier alpha value is -0.570. The molecular weight excluding hydrogens is 204 g/mol. The highest BCUT2D eigenvalue weighted by molar-refractivity contribution is 5.85. The quantitative estimate of drug-likeness (QED) is 0.548. The first-order valence-corrected chi connectivity index (χ1v) is 6.18. The minimum absolute atomic E-state index is 0.181. The molecule has 2 rings (SSSR count). The van der Waals surface area contributed by atoms with Crippen LogP contribution in [0.3, 0.4) is 0 Å². The highest BCUT2D eigenvalue weighted by atomic mass is 16.7. The van der Waals surface area contributed by atoms with Gasteiger partial charge in [-0.05, 0) is 30.6 Å². The minimum atomic E-state index is -0.637. The van der Waals surface area contributed by atoms with Gasteiger partial charge in [-0.1, -0.05) is 27.7 Å². The van der Waals surface area contributed by atoms with Crippen molar-refractivity contribution < 1.29 is 14.3 Å². The van der Waals surface area contributed by atoms with Gasteiger partial charge in [0.1, 0.15) is 5.60 Å². The van der Waals surface area contributed by atoms with E-state index in [0.29, 0.717) is 17.8 Å². The first-order chi connectivity index (χ1) is 7.39. The Morgan fingerprint density at radius 2 is 2.12 bits per heavy atom. The maximum Gasteiger partial charge on any atom is 0.341 e. The summed E-state index contributed by atoms with van der Waals surface area (Å²) in [6.07, 6.45) is 1.77. The lowest BCUT2D eigenvalue weighted by Gasteiger charge is -2.40. The van der Waals surface area contributed by atoms with E-state index in [1.807, 2.05) is 0 Å². The molecule has 0 amide bonds. The highest BCUT2D eigenvalue weighted by Gasteiger charge is 2.81. The molecule has 0 aromatic rings. The van der Waals surface area contributed by atoms with E-state index in [1.165, 1.54) is 7.11 Å². The Labute approximate surface area is 97.5 Å². The van der Waals surface area contributed by atoms with Gasteiger partial charge in [-0.15, -0.1) is 0 Å². The molecule has 1 heterocycles. The largest absolute Gasteiger partial charge is 0.467 e. The number of methoxy groups -OCH3 is 1. The van der Waals surface area contributed by atoms with Crippen molar-refractivity contribution in [3.05, 3.63) is 0 Å². The number of hydrogen-bond donors (Lipinski definition) is 0. The first-order valence-electron chi connectivity index (χ1n) is 6.18. The van der Waals surface area contributed by atoms with Crippen molar-refractivity contribution in [1.82, 2.24) is 0 Å². The molecule has 4 atom stereocenters. The number of epoxide rings is 1.